The average Bonchev–Trinajstić information content (AvgIpc) is 3.31. The molecule has 2 saturated heterocycles. The molecular formula is C19H27N3S. The van der Waals surface area contributed by atoms with Crippen molar-refractivity contribution >= 4 is 23.0 Å². The second-order valence-corrected chi connectivity index (χ2v) is 7.99. The van der Waals surface area contributed by atoms with Crippen LogP contribution in [0.5, 0.6) is 0 Å². The first-order valence-electron chi connectivity index (χ1n) is 9.03. The van der Waals surface area contributed by atoms with Crippen molar-refractivity contribution in [2.75, 3.05) is 5.32 Å². The van der Waals surface area contributed by atoms with Crippen LogP contribution < -0.4 is 10.6 Å². The molecule has 0 unspecified atom stereocenters. The Hall–Kier alpha value is -1.13. The number of fused-ring (bicyclic) bond motifs is 2. The number of aryl methyl sites for hydroxylation is 1. The van der Waals surface area contributed by atoms with Gasteiger partial charge in [0, 0.05) is 29.9 Å². The molecule has 4 rings (SSSR count). The number of benzene rings is 1. The van der Waals surface area contributed by atoms with E-state index >= 15 is 0 Å². The molecule has 3 aliphatic rings. The zero-order chi connectivity index (χ0) is 16.0. The third kappa shape index (κ3) is 3.11. The van der Waals surface area contributed by atoms with E-state index in [2.05, 4.69) is 47.6 Å². The molecule has 0 spiro atoms. The lowest BCUT2D eigenvalue weighted by Gasteiger charge is -2.39. The van der Waals surface area contributed by atoms with Gasteiger partial charge in [-0.1, -0.05) is 12.1 Å². The molecule has 3 nitrogen and oxygen atoms in total. The minimum absolute atomic E-state index is 0.535. The molecule has 4 heteroatoms. The van der Waals surface area contributed by atoms with Crippen LogP contribution in [0.15, 0.2) is 18.2 Å². The average molecular weight is 330 g/mol. The van der Waals surface area contributed by atoms with E-state index in [4.69, 9.17) is 12.2 Å². The lowest BCUT2D eigenvalue weighted by atomic mass is 9.97. The molecule has 2 N–H and O–H groups in total. The van der Waals surface area contributed by atoms with E-state index in [0.29, 0.717) is 6.04 Å². The predicted octanol–water partition coefficient (Wildman–Crippen LogP) is 3.75. The summed E-state index contributed by atoms with van der Waals surface area (Å²) in [4.78, 5) is 2.83. The minimum Gasteiger partial charge on any atom is -0.360 e. The maximum absolute atomic E-state index is 5.57. The van der Waals surface area contributed by atoms with Gasteiger partial charge in [0.25, 0.3) is 0 Å². The van der Waals surface area contributed by atoms with E-state index in [0.717, 1.165) is 28.9 Å². The Balaban J connectivity index is 1.36. The minimum atomic E-state index is 0.535. The van der Waals surface area contributed by atoms with Crippen molar-refractivity contribution in [1.82, 2.24) is 10.2 Å². The summed E-state index contributed by atoms with van der Waals surface area (Å²) < 4.78 is 0. The van der Waals surface area contributed by atoms with Crippen molar-refractivity contribution in [3.8, 4) is 0 Å². The van der Waals surface area contributed by atoms with Crippen molar-refractivity contribution in [1.29, 1.82) is 0 Å². The number of thiocarbonyl (C=S) groups is 1. The van der Waals surface area contributed by atoms with Crippen molar-refractivity contribution in [2.45, 2.75) is 76.5 Å². The fraction of sp³-hybridized carbons (Fsp3) is 0.632. The summed E-state index contributed by atoms with van der Waals surface area (Å²) in [5, 5.41) is 7.77. The summed E-state index contributed by atoms with van der Waals surface area (Å²) >= 11 is 5.57. The highest BCUT2D eigenvalue weighted by atomic mass is 32.1. The van der Waals surface area contributed by atoms with Crippen LogP contribution >= 0.6 is 12.2 Å². The van der Waals surface area contributed by atoms with Crippen LogP contribution in [0.2, 0.25) is 0 Å². The zero-order valence-corrected chi connectivity index (χ0v) is 15.0. The Bertz CT molecular complexity index is 597. The summed E-state index contributed by atoms with van der Waals surface area (Å²) in [7, 11) is 0. The fourth-order valence-corrected chi connectivity index (χ4v) is 4.81. The molecule has 2 heterocycles. The molecule has 124 valence electrons. The molecule has 1 aliphatic carbocycles. The topological polar surface area (TPSA) is 27.3 Å². The Morgan fingerprint density at radius 1 is 1.04 bits per heavy atom. The Labute approximate surface area is 144 Å². The van der Waals surface area contributed by atoms with Gasteiger partial charge >= 0.3 is 0 Å². The molecule has 0 radical (unpaired) electrons. The van der Waals surface area contributed by atoms with Crippen molar-refractivity contribution in [2.24, 2.45) is 0 Å². The quantitative estimate of drug-likeness (QED) is 0.826. The van der Waals surface area contributed by atoms with Crippen molar-refractivity contribution in [3.05, 3.63) is 29.3 Å². The van der Waals surface area contributed by atoms with Gasteiger partial charge in [-0.2, -0.15) is 0 Å². The molecule has 1 aromatic carbocycles. The van der Waals surface area contributed by atoms with E-state index in [9.17, 15) is 0 Å². The molecule has 3 fully saturated rings. The second kappa shape index (κ2) is 6.06. The van der Waals surface area contributed by atoms with Crippen LogP contribution in [0.25, 0.3) is 0 Å². The summed E-state index contributed by atoms with van der Waals surface area (Å²) in [6.45, 7) is 4.29. The second-order valence-electron chi connectivity index (χ2n) is 7.58. The van der Waals surface area contributed by atoms with Gasteiger partial charge in [0.05, 0.1) is 0 Å². The van der Waals surface area contributed by atoms with Crippen LogP contribution in [0.3, 0.4) is 0 Å². The SMILES string of the molecule is Cc1cccc(NC(=S)NC2C[C@H]3CC[C@H](C2)N3C2CC2)c1C. The first-order valence-corrected chi connectivity index (χ1v) is 9.44. The van der Waals surface area contributed by atoms with Crippen molar-refractivity contribution in [3.63, 3.8) is 0 Å². The van der Waals surface area contributed by atoms with Crippen LogP contribution in [-0.2, 0) is 0 Å². The van der Waals surface area contributed by atoms with E-state index in [1.165, 1.54) is 49.7 Å². The molecular weight excluding hydrogens is 302 g/mol. The van der Waals surface area contributed by atoms with Gasteiger partial charge in [-0.3, -0.25) is 4.90 Å². The van der Waals surface area contributed by atoms with Gasteiger partial charge in [0.2, 0.25) is 0 Å². The maximum Gasteiger partial charge on any atom is 0.171 e. The van der Waals surface area contributed by atoms with E-state index in [-0.39, 0.29) is 0 Å². The van der Waals surface area contributed by atoms with Crippen LogP contribution in [0, 0.1) is 13.8 Å². The Morgan fingerprint density at radius 3 is 2.35 bits per heavy atom. The predicted molar refractivity (Wildman–Crippen MR) is 100.0 cm³/mol. The first kappa shape index (κ1) is 15.4. The summed E-state index contributed by atoms with van der Waals surface area (Å²) in [6.07, 6.45) is 8.13. The number of piperidine rings is 1. The van der Waals surface area contributed by atoms with Gasteiger partial charge in [-0.15, -0.1) is 0 Å². The van der Waals surface area contributed by atoms with Gasteiger partial charge in [-0.25, -0.2) is 0 Å². The highest BCUT2D eigenvalue weighted by Crippen LogP contribution is 2.43. The van der Waals surface area contributed by atoms with Crippen molar-refractivity contribution < 1.29 is 0 Å². The molecule has 2 aliphatic heterocycles. The summed E-state index contributed by atoms with van der Waals surface area (Å²) in [5.74, 6) is 0. The highest BCUT2D eigenvalue weighted by molar-refractivity contribution is 7.80. The maximum atomic E-state index is 5.57. The van der Waals surface area contributed by atoms with Gasteiger partial charge in [-0.05, 0) is 81.8 Å². The first-order chi connectivity index (χ1) is 11.1. The number of hydrogen-bond acceptors (Lipinski definition) is 2. The molecule has 23 heavy (non-hydrogen) atoms. The lowest BCUT2D eigenvalue weighted by molar-refractivity contribution is 0.114. The van der Waals surface area contributed by atoms with Gasteiger partial charge in [0.1, 0.15) is 0 Å². The van der Waals surface area contributed by atoms with Gasteiger partial charge in [0.15, 0.2) is 5.11 Å². The highest BCUT2D eigenvalue weighted by Gasteiger charge is 2.46. The Morgan fingerprint density at radius 2 is 1.70 bits per heavy atom. The molecule has 2 bridgehead atoms. The Kier molecular flexibility index (Phi) is 4.06. The lowest BCUT2D eigenvalue weighted by Crippen LogP contribution is -2.51. The fourth-order valence-electron chi connectivity index (χ4n) is 4.53. The standard InChI is InChI=1S/C19H27N3S/c1-12-4-3-5-18(13(12)2)21-19(23)20-14-10-16-8-9-17(11-14)22(16)15-6-7-15/h3-5,14-17H,6-11H2,1-2H3,(H2,20,21,23)/t16-,17-/m1/s1. The normalized spacial score (nSPS) is 30.3. The molecule has 2 atom stereocenters. The summed E-state index contributed by atoms with van der Waals surface area (Å²) in [6, 6.07) is 9.37. The van der Waals surface area contributed by atoms with Gasteiger partial charge < -0.3 is 10.6 Å². The monoisotopic (exact) mass is 329 g/mol. The molecule has 1 aromatic rings. The molecule has 0 aromatic heterocycles. The van der Waals surface area contributed by atoms with Crippen LogP contribution in [-0.4, -0.2) is 34.2 Å². The van der Waals surface area contributed by atoms with Crippen LogP contribution in [0.4, 0.5) is 5.69 Å². The number of anilines is 1. The van der Waals surface area contributed by atoms with E-state index < -0.39 is 0 Å². The number of hydrogen-bond donors (Lipinski definition) is 2. The van der Waals surface area contributed by atoms with E-state index in [1.54, 1.807) is 0 Å². The third-order valence-electron chi connectivity index (χ3n) is 5.95. The third-order valence-corrected chi connectivity index (χ3v) is 6.17. The van der Waals surface area contributed by atoms with E-state index in [1.807, 2.05) is 0 Å². The number of nitrogens with zero attached hydrogens (tertiary/aromatic N) is 1. The summed E-state index contributed by atoms with van der Waals surface area (Å²) in [5.41, 5.74) is 3.70. The number of nitrogens with one attached hydrogen (secondary N) is 2. The zero-order valence-electron chi connectivity index (χ0n) is 14.1. The smallest absolute Gasteiger partial charge is 0.171 e. The van der Waals surface area contributed by atoms with Crippen LogP contribution in [0.1, 0.15) is 49.7 Å². The largest absolute Gasteiger partial charge is 0.360 e. The molecule has 1 saturated carbocycles. The molecule has 0 amide bonds. The number of rotatable bonds is 3.